The molecule has 0 aromatic rings. The van der Waals surface area contributed by atoms with Gasteiger partial charge in [-0.05, 0) is 6.42 Å². The van der Waals surface area contributed by atoms with Crippen molar-refractivity contribution in [2.45, 2.75) is 13.3 Å². The minimum absolute atomic E-state index is 0. The second-order valence-corrected chi connectivity index (χ2v) is 2.27. The van der Waals surface area contributed by atoms with Gasteiger partial charge in [0.2, 0.25) is 0 Å². The first kappa shape index (κ1) is 16.2. The summed E-state index contributed by atoms with van der Waals surface area (Å²) >= 11 is 1.17. The maximum absolute atomic E-state index is 9.94. The molecule has 0 aliphatic carbocycles. The van der Waals surface area contributed by atoms with Crippen LogP contribution in [0.15, 0.2) is 0 Å². The molecule has 0 fully saturated rings. The summed E-state index contributed by atoms with van der Waals surface area (Å²) in [7, 11) is 0. The average Bonchev–Trinajstić information content (AvgIpc) is 1.61. The van der Waals surface area contributed by atoms with Crippen LogP contribution in [0.25, 0.3) is 0 Å². The highest BCUT2D eigenvalue weighted by molar-refractivity contribution is 8.13. The van der Waals surface area contributed by atoms with Gasteiger partial charge >= 0.3 is 0 Å². The van der Waals surface area contributed by atoms with Crippen LogP contribution in [0.1, 0.15) is 13.3 Å². The maximum Gasteiger partial charge on any atom is 0.276 e. The van der Waals surface area contributed by atoms with Gasteiger partial charge in [0, 0.05) is 5.75 Å². The number of thioether (sulfide) groups is 1. The maximum atomic E-state index is 9.94. The van der Waals surface area contributed by atoms with Gasteiger partial charge in [0.05, 0.1) is 0 Å². The number of amides is 1. The van der Waals surface area contributed by atoms with Gasteiger partial charge in [-0.1, -0.05) is 18.7 Å². The summed E-state index contributed by atoms with van der Waals surface area (Å²) < 4.78 is 0. The number of hydrogen-bond donors (Lipinski definition) is 1. The third-order valence-corrected chi connectivity index (χ3v) is 1.35. The largest absolute Gasteiger partial charge is 0.361 e. The highest BCUT2D eigenvalue weighted by atomic mass is 35.5. The third-order valence-electron chi connectivity index (χ3n) is 0.448. The Labute approximate surface area is 71.8 Å². The molecule has 0 spiro atoms. The zero-order chi connectivity index (χ0) is 5.70. The quantitative estimate of drug-likeness (QED) is 0.727. The molecule has 0 heterocycles. The van der Waals surface area contributed by atoms with Crippen LogP contribution in [0.3, 0.4) is 0 Å². The second-order valence-electron chi connectivity index (χ2n) is 1.17. The lowest BCUT2D eigenvalue weighted by atomic mass is 10.6. The molecule has 58 valence electrons. The van der Waals surface area contributed by atoms with Crippen molar-refractivity contribution in [2.75, 3.05) is 5.75 Å². The van der Waals surface area contributed by atoms with E-state index in [1.807, 2.05) is 6.92 Å². The normalized spacial score (nSPS) is 6.78. The fourth-order valence-corrected chi connectivity index (χ4v) is 0.608. The van der Waals surface area contributed by atoms with Crippen LogP contribution < -0.4 is 5.73 Å². The van der Waals surface area contributed by atoms with Crippen molar-refractivity contribution in [2.24, 2.45) is 5.73 Å². The van der Waals surface area contributed by atoms with E-state index in [0.29, 0.717) is 0 Å². The smallest absolute Gasteiger partial charge is 0.276 e. The van der Waals surface area contributed by atoms with Crippen LogP contribution in [-0.2, 0) is 0 Å². The fraction of sp³-hybridized carbons (Fsp3) is 0.750. The molecule has 9 heavy (non-hydrogen) atoms. The van der Waals surface area contributed by atoms with Gasteiger partial charge < -0.3 is 5.73 Å². The van der Waals surface area contributed by atoms with E-state index in [4.69, 9.17) is 5.73 Å². The Morgan fingerprint density at radius 3 is 2.11 bits per heavy atom. The first-order valence-electron chi connectivity index (χ1n) is 2.19. The van der Waals surface area contributed by atoms with Gasteiger partial charge in [-0.15, -0.1) is 24.8 Å². The number of halogens is 2. The van der Waals surface area contributed by atoms with E-state index in [1.165, 1.54) is 11.8 Å². The number of primary amides is 1. The summed E-state index contributed by atoms with van der Waals surface area (Å²) in [6.07, 6.45) is 1.01. The van der Waals surface area contributed by atoms with Crippen LogP contribution >= 0.6 is 36.6 Å². The summed E-state index contributed by atoms with van der Waals surface area (Å²) in [5.74, 6) is 0.843. The Morgan fingerprint density at radius 2 is 2.00 bits per heavy atom. The number of carbonyl (C=O) groups excluding carboxylic acids is 1. The molecular weight excluding hydrogens is 181 g/mol. The number of nitrogens with two attached hydrogens (primary N) is 1. The SMILES string of the molecule is CCCSC(N)=O.Cl.Cl. The molecule has 0 unspecified atom stereocenters. The highest BCUT2D eigenvalue weighted by Crippen LogP contribution is 1.99. The van der Waals surface area contributed by atoms with Crippen LogP contribution in [0.2, 0.25) is 0 Å². The van der Waals surface area contributed by atoms with Crippen LogP contribution in [0.5, 0.6) is 0 Å². The van der Waals surface area contributed by atoms with E-state index in [0.717, 1.165) is 12.2 Å². The molecule has 2 N–H and O–H groups in total. The van der Waals surface area contributed by atoms with Gasteiger partial charge in [-0.2, -0.15) is 0 Å². The van der Waals surface area contributed by atoms with E-state index >= 15 is 0 Å². The van der Waals surface area contributed by atoms with E-state index < -0.39 is 0 Å². The first-order valence-corrected chi connectivity index (χ1v) is 3.18. The summed E-state index contributed by atoms with van der Waals surface area (Å²) in [5, 5.41) is -0.276. The van der Waals surface area contributed by atoms with Crippen molar-refractivity contribution in [3.05, 3.63) is 0 Å². The Kier molecular flexibility index (Phi) is 20.2. The van der Waals surface area contributed by atoms with Gasteiger partial charge in [0.25, 0.3) is 5.24 Å². The molecule has 0 aliphatic heterocycles. The fourth-order valence-electron chi connectivity index (χ4n) is 0.203. The van der Waals surface area contributed by atoms with E-state index in [2.05, 4.69) is 0 Å². The highest BCUT2D eigenvalue weighted by Gasteiger charge is 1.88. The molecule has 0 aromatic heterocycles. The summed E-state index contributed by atoms with van der Waals surface area (Å²) in [6, 6.07) is 0. The van der Waals surface area contributed by atoms with Crippen molar-refractivity contribution in [3.8, 4) is 0 Å². The van der Waals surface area contributed by atoms with E-state index in [-0.39, 0.29) is 30.1 Å². The lowest BCUT2D eigenvalue weighted by molar-refractivity contribution is 0.267. The molecule has 0 saturated carbocycles. The molecule has 0 aromatic carbocycles. The lowest BCUT2D eigenvalue weighted by Crippen LogP contribution is -2.02. The summed E-state index contributed by atoms with van der Waals surface area (Å²) in [6.45, 7) is 2.01. The Bertz CT molecular complexity index is 71.6. The zero-order valence-corrected chi connectivity index (χ0v) is 7.57. The minimum atomic E-state index is -0.276. The van der Waals surface area contributed by atoms with Gasteiger partial charge in [-0.25, -0.2) is 0 Å². The van der Waals surface area contributed by atoms with E-state index in [9.17, 15) is 4.79 Å². The van der Waals surface area contributed by atoms with Crippen molar-refractivity contribution in [1.29, 1.82) is 0 Å². The average molecular weight is 192 g/mol. The molecule has 0 rings (SSSR count). The van der Waals surface area contributed by atoms with Crippen LogP contribution in [-0.4, -0.2) is 11.0 Å². The van der Waals surface area contributed by atoms with Crippen molar-refractivity contribution < 1.29 is 4.79 Å². The molecule has 0 aliphatic rings. The summed E-state index contributed by atoms with van der Waals surface area (Å²) in [5.41, 5.74) is 4.80. The predicted octanol–water partition coefficient (Wildman–Crippen LogP) is 2.05. The second kappa shape index (κ2) is 11.2. The minimum Gasteiger partial charge on any atom is -0.361 e. The van der Waals surface area contributed by atoms with Crippen molar-refractivity contribution in [3.63, 3.8) is 0 Å². The van der Waals surface area contributed by atoms with Gasteiger partial charge in [-0.3, -0.25) is 4.79 Å². The first-order chi connectivity index (χ1) is 3.27. The Morgan fingerprint density at radius 1 is 1.56 bits per heavy atom. The molecular formula is C4H11Cl2NOS. The van der Waals surface area contributed by atoms with Crippen molar-refractivity contribution in [1.82, 2.24) is 0 Å². The van der Waals surface area contributed by atoms with Crippen LogP contribution in [0.4, 0.5) is 4.79 Å². The van der Waals surface area contributed by atoms with Crippen LogP contribution in [0, 0.1) is 0 Å². The third kappa shape index (κ3) is 17.8. The monoisotopic (exact) mass is 191 g/mol. The van der Waals surface area contributed by atoms with E-state index in [1.54, 1.807) is 0 Å². The van der Waals surface area contributed by atoms with Crippen molar-refractivity contribution >= 4 is 41.8 Å². The topological polar surface area (TPSA) is 43.1 Å². The molecule has 0 bridgehead atoms. The number of hydrogen-bond acceptors (Lipinski definition) is 2. The molecule has 5 heteroatoms. The Hall–Kier alpha value is 0.400. The number of rotatable bonds is 2. The zero-order valence-electron chi connectivity index (χ0n) is 5.12. The molecule has 0 radical (unpaired) electrons. The summed E-state index contributed by atoms with van der Waals surface area (Å²) in [4.78, 5) is 9.94. The van der Waals surface area contributed by atoms with Gasteiger partial charge in [0.1, 0.15) is 0 Å². The molecule has 2 nitrogen and oxygen atoms in total. The standard InChI is InChI=1S/C4H9NOS.2ClH/c1-2-3-7-4(5)6;;/h2-3H2,1H3,(H2,5,6);2*1H. The van der Waals surface area contributed by atoms with Gasteiger partial charge in [0.15, 0.2) is 0 Å². The Balaban J connectivity index is -0.000000180. The molecule has 1 amide bonds. The molecule has 0 saturated heterocycles. The molecule has 0 atom stereocenters. The number of carbonyl (C=O) groups is 1. The lowest BCUT2D eigenvalue weighted by Gasteiger charge is -1.86. The predicted molar refractivity (Wildman–Crippen MR) is 46.8 cm³/mol.